The molecule has 0 amide bonds. The highest BCUT2D eigenvalue weighted by atomic mass is 79.9. The normalized spacial score (nSPS) is 10.5. The molecule has 90 valence electrons. The molecule has 1 N–H and O–H groups in total. The van der Waals surface area contributed by atoms with Gasteiger partial charge < -0.3 is 5.32 Å². The van der Waals surface area contributed by atoms with Crippen molar-refractivity contribution >= 4 is 44.7 Å². The summed E-state index contributed by atoms with van der Waals surface area (Å²) in [5.41, 5.74) is 1.22. The highest BCUT2D eigenvalue weighted by Gasteiger charge is 2.04. The monoisotopic (exact) mass is 327 g/mol. The molecule has 1 heterocycles. The van der Waals surface area contributed by atoms with Gasteiger partial charge in [-0.15, -0.1) is 23.1 Å². The lowest BCUT2D eigenvalue weighted by molar-refractivity contribution is 1.16. The first-order chi connectivity index (χ1) is 8.31. The maximum Gasteiger partial charge on any atom is 0.0505 e. The van der Waals surface area contributed by atoms with Gasteiger partial charge in [-0.25, -0.2) is 0 Å². The Labute approximate surface area is 119 Å². The van der Waals surface area contributed by atoms with Gasteiger partial charge in [-0.05, 0) is 45.3 Å². The zero-order valence-corrected chi connectivity index (χ0v) is 12.8. The summed E-state index contributed by atoms with van der Waals surface area (Å²) >= 11 is 7.20. The fourth-order valence-electron chi connectivity index (χ4n) is 1.52. The number of thioether (sulfide) groups is 1. The van der Waals surface area contributed by atoms with E-state index in [-0.39, 0.29) is 0 Å². The molecule has 0 saturated heterocycles. The van der Waals surface area contributed by atoms with Crippen LogP contribution in [0.2, 0.25) is 0 Å². The molecular weight excluding hydrogens is 314 g/mol. The highest BCUT2D eigenvalue weighted by molar-refractivity contribution is 9.10. The van der Waals surface area contributed by atoms with Crippen LogP contribution in [0.1, 0.15) is 11.8 Å². The van der Waals surface area contributed by atoms with Gasteiger partial charge >= 0.3 is 0 Å². The number of benzene rings is 1. The summed E-state index contributed by atoms with van der Waals surface area (Å²) in [6.07, 6.45) is 0. The first kappa shape index (κ1) is 13.0. The van der Waals surface area contributed by atoms with Crippen molar-refractivity contribution in [2.45, 2.75) is 18.4 Å². The van der Waals surface area contributed by atoms with E-state index in [2.05, 4.69) is 63.9 Å². The molecule has 0 saturated carbocycles. The third-order valence-electron chi connectivity index (χ3n) is 2.32. The van der Waals surface area contributed by atoms with E-state index >= 15 is 0 Å². The van der Waals surface area contributed by atoms with Crippen LogP contribution in [-0.4, -0.2) is 5.75 Å². The summed E-state index contributed by atoms with van der Waals surface area (Å²) in [5, 5.41) is 5.61. The predicted molar refractivity (Wildman–Crippen MR) is 82.2 cm³/mol. The van der Waals surface area contributed by atoms with E-state index < -0.39 is 0 Å². The quantitative estimate of drug-likeness (QED) is 0.754. The number of halogens is 1. The number of anilines is 1. The van der Waals surface area contributed by atoms with Crippen molar-refractivity contribution in [3.8, 4) is 0 Å². The van der Waals surface area contributed by atoms with Crippen molar-refractivity contribution in [2.24, 2.45) is 0 Å². The van der Waals surface area contributed by atoms with Crippen molar-refractivity contribution in [1.29, 1.82) is 0 Å². The van der Waals surface area contributed by atoms with E-state index in [4.69, 9.17) is 0 Å². The van der Waals surface area contributed by atoms with Gasteiger partial charge in [0.05, 0.1) is 6.54 Å². The lowest BCUT2D eigenvalue weighted by Crippen LogP contribution is -1.99. The van der Waals surface area contributed by atoms with Crippen molar-refractivity contribution in [1.82, 2.24) is 0 Å². The highest BCUT2D eigenvalue weighted by Crippen LogP contribution is 2.29. The number of hydrogen-bond acceptors (Lipinski definition) is 3. The van der Waals surface area contributed by atoms with Crippen LogP contribution in [0.5, 0.6) is 0 Å². The molecule has 0 spiro atoms. The van der Waals surface area contributed by atoms with Gasteiger partial charge in [0.25, 0.3) is 0 Å². The fourth-order valence-corrected chi connectivity index (χ4v) is 3.73. The summed E-state index contributed by atoms with van der Waals surface area (Å²) in [5.74, 6) is 1.10. The van der Waals surface area contributed by atoms with Gasteiger partial charge in [-0.1, -0.05) is 19.1 Å². The maximum absolute atomic E-state index is 3.55. The van der Waals surface area contributed by atoms with Crippen LogP contribution >= 0.6 is 39.0 Å². The van der Waals surface area contributed by atoms with E-state index in [1.165, 1.54) is 19.9 Å². The lowest BCUT2D eigenvalue weighted by atomic mass is 10.3. The molecule has 2 rings (SSSR count). The molecule has 2 aromatic rings. The second kappa shape index (κ2) is 6.47. The minimum Gasteiger partial charge on any atom is -0.379 e. The molecule has 0 aliphatic heterocycles. The lowest BCUT2D eigenvalue weighted by Gasteiger charge is -2.10. The van der Waals surface area contributed by atoms with Crippen LogP contribution < -0.4 is 5.32 Å². The predicted octanol–water partition coefficient (Wildman–Crippen LogP) is 5.23. The molecule has 0 unspecified atom stereocenters. The van der Waals surface area contributed by atoms with Gasteiger partial charge in [-0.2, -0.15) is 0 Å². The van der Waals surface area contributed by atoms with E-state index in [1.54, 1.807) is 11.3 Å². The first-order valence-corrected chi connectivity index (χ1v) is 8.14. The fraction of sp³-hybridized carbons (Fsp3) is 0.231. The number of hydrogen-bond donors (Lipinski definition) is 1. The van der Waals surface area contributed by atoms with Crippen LogP contribution in [0, 0.1) is 0 Å². The molecular formula is C13H14BrNS2. The average Bonchev–Trinajstić information content (AvgIpc) is 2.74. The summed E-state index contributed by atoms with van der Waals surface area (Å²) in [6.45, 7) is 3.05. The maximum atomic E-state index is 3.55. The zero-order valence-electron chi connectivity index (χ0n) is 9.57. The molecule has 17 heavy (non-hydrogen) atoms. The van der Waals surface area contributed by atoms with Crippen LogP contribution in [0.15, 0.2) is 45.1 Å². The molecule has 4 heteroatoms. The Morgan fingerprint density at radius 1 is 1.29 bits per heavy atom. The van der Waals surface area contributed by atoms with Gasteiger partial charge in [0, 0.05) is 19.9 Å². The third-order valence-corrected chi connectivity index (χ3v) is 5.20. The van der Waals surface area contributed by atoms with Crippen molar-refractivity contribution in [2.75, 3.05) is 11.1 Å². The zero-order chi connectivity index (χ0) is 12.1. The van der Waals surface area contributed by atoms with Gasteiger partial charge in [-0.3, -0.25) is 0 Å². The van der Waals surface area contributed by atoms with Crippen LogP contribution in [-0.2, 0) is 6.54 Å². The Balaban J connectivity index is 2.06. The molecule has 1 nitrogen and oxygen atoms in total. The summed E-state index contributed by atoms with van der Waals surface area (Å²) < 4.78 is 1.19. The standard InChI is InChI=1S/C13H14BrNS2/c1-2-16-12-6-4-3-5-11(12)15-9-13-10(14)7-8-17-13/h3-8,15H,2,9H2,1H3. The second-order valence-corrected chi connectivity index (χ2v) is 6.64. The van der Waals surface area contributed by atoms with E-state index in [9.17, 15) is 0 Å². The Morgan fingerprint density at radius 3 is 2.82 bits per heavy atom. The van der Waals surface area contributed by atoms with Crippen LogP contribution in [0.3, 0.4) is 0 Å². The van der Waals surface area contributed by atoms with Crippen LogP contribution in [0.25, 0.3) is 0 Å². The SMILES string of the molecule is CCSc1ccccc1NCc1sccc1Br. The largest absolute Gasteiger partial charge is 0.379 e. The first-order valence-electron chi connectivity index (χ1n) is 5.49. The second-order valence-electron chi connectivity index (χ2n) is 3.47. The number of para-hydroxylation sites is 1. The summed E-state index contributed by atoms with van der Waals surface area (Å²) in [4.78, 5) is 2.66. The smallest absolute Gasteiger partial charge is 0.0505 e. The van der Waals surface area contributed by atoms with Crippen LogP contribution in [0.4, 0.5) is 5.69 Å². The molecule has 0 bridgehead atoms. The number of rotatable bonds is 5. The molecule has 0 aliphatic rings. The van der Waals surface area contributed by atoms with Gasteiger partial charge in [0.1, 0.15) is 0 Å². The topological polar surface area (TPSA) is 12.0 Å². The molecule has 0 aliphatic carbocycles. The Morgan fingerprint density at radius 2 is 2.12 bits per heavy atom. The molecule has 0 radical (unpaired) electrons. The van der Waals surface area contributed by atoms with Crippen molar-refractivity contribution in [3.05, 3.63) is 45.1 Å². The van der Waals surface area contributed by atoms with Gasteiger partial charge in [0.15, 0.2) is 0 Å². The number of thiophene rings is 1. The van der Waals surface area contributed by atoms with E-state index in [0.29, 0.717) is 0 Å². The molecule has 0 atom stereocenters. The summed E-state index contributed by atoms with van der Waals surface area (Å²) in [6, 6.07) is 10.6. The average molecular weight is 328 g/mol. The minimum atomic E-state index is 0.875. The molecule has 1 aromatic heterocycles. The van der Waals surface area contributed by atoms with E-state index in [0.717, 1.165) is 12.3 Å². The Bertz CT molecular complexity index is 482. The molecule has 1 aromatic carbocycles. The molecule has 0 fully saturated rings. The van der Waals surface area contributed by atoms with Crippen molar-refractivity contribution in [3.63, 3.8) is 0 Å². The van der Waals surface area contributed by atoms with Crippen molar-refractivity contribution < 1.29 is 0 Å². The minimum absolute atomic E-state index is 0.875. The van der Waals surface area contributed by atoms with Gasteiger partial charge in [0.2, 0.25) is 0 Å². The summed E-state index contributed by atoms with van der Waals surface area (Å²) in [7, 11) is 0. The number of nitrogens with one attached hydrogen (secondary N) is 1. The Hall–Kier alpha value is -0.450. The third kappa shape index (κ3) is 3.50. The Kier molecular flexibility index (Phi) is 4.95. The van der Waals surface area contributed by atoms with E-state index in [1.807, 2.05) is 11.8 Å².